The zero-order valence-corrected chi connectivity index (χ0v) is 7.94. The van der Waals surface area contributed by atoms with E-state index in [-0.39, 0.29) is 0 Å². The van der Waals surface area contributed by atoms with Crippen LogP contribution in [0.1, 0.15) is 34.6 Å². The molecular weight excluding hydrogens is 124 g/mol. The van der Waals surface area contributed by atoms with Gasteiger partial charge in [0.1, 0.15) is 0 Å². The monoisotopic (exact) mass is 146 g/mol. The Labute approximate surface area is 65.3 Å². The van der Waals surface area contributed by atoms with Crippen LogP contribution in [0.5, 0.6) is 0 Å². The van der Waals surface area contributed by atoms with Gasteiger partial charge in [-0.2, -0.15) is 0 Å². The van der Waals surface area contributed by atoms with Crippen LogP contribution in [0.2, 0.25) is 0 Å². The topological polar surface area (TPSA) is 52.0 Å². The van der Waals surface area contributed by atoms with Crippen molar-refractivity contribution in [2.24, 2.45) is 11.5 Å². The third kappa shape index (κ3) is 1270. The fourth-order valence-corrected chi connectivity index (χ4v) is 0. The average molecular weight is 146 g/mol. The van der Waals surface area contributed by atoms with Crippen LogP contribution < -0.4 is 11.5 Å². The Balaban J connectivity index is -0.0000000787. The number of hydrogen-bond donors (Lipinski definition) is 2. The van der Waals surface area contributed by atoms with E-state index in [9.17, 15) is 0 Å². The lowest BCUT2D eigenvalue weighted by molar-refractivity contribution is 0.834. The molecule has 0 aliphatic carbocycles. The lowest BCUT2D eigenvalue weighted by Crippen LogP contribution is -2.06. The molecule has 0 radical (unpaired) electrons. The third-order valence-electron chi connectivity index (χ3n) is 0. The third-order valence-corrected chi connectivity index (χ3v) is 0. The Morgan fingerprint density at radius 1 is 1.30 bits per heavy atom. The van der Waals surface area contributed by atoms with Crippen molar-refractivity contribution < 1.29 is 0 Å². The summed E-state index contributed by atoms with van der Waals surface area (Å²) in [7, 11) is 0. The van der Waals surface area contributed by atoms with Crippen molar-refractivity contribution in [2.45, 2.75) is 40.7 Å². The highest BCUT2D eigenvalue weighted by atomic mass is 14.6. The minimum absolute atomic E-state index is 0.333. The molecule has 0 aromatic carbocycles. The van der Waals surface area contributed by atoms with Gasteiger partial charge in [0.2, 0.25) is 0 Å². The van der Waals surface area contributed by atoms with Crippen LogP contribution in [0.15, 0.2) is 12.3 Å². The van der Waals surface area contributed by atoms with Gasteiger partial charge in [-0.15, -0.1) is 0 Å². The molecule has 64 valence electrons. The van der Waals surface area contributed by atoms with E-state index in [2.05, 4.69) is 6.58 Å². The summed E-state index contributed by atoms with van der Waals surface area (Å²) in [5.41, 5.74) is 10.7. The molecule has 0 atom stereocenters. The first-order valence-electron chi connectivity index (χ1n) is 3.63. The van der Waals surface area contributed by atoms with Crippen LogP contribution in [0, 0.1) is 0 Å². The normalized spacial score (nSPS) is 6.70. The van der Waals surface area contributed by atoms with Crippen LogP contribution in [-0.2, 0) is 0 Å². The molecule has 0 heterocycles. The van der Waals surface area contributed by atoms with Gasteiger partial charge in [0.05, 0.1) is 0 Å². The van der Waals surface area contributed by atoms with Gasteiger partial charge in [-0.3, -0.25) is 0 Å². The fraction of sp³-hybridized carbons (Fsp3) is 0.750. The molecule has 2 nitrogen and oxygen atoms in total. The molecular formula is C8H22N2. The van der Waals surface area contributed by atoms with Crippen molar-refractivity contribution in [1.82, 2.24) is 0 Å². The lowest BCUT2D eigenvalue weighted by atomic mass is 10.5. The summed E-state index contributed by atoms with van der Waals surface area (Å²) in [6.45, 7) is 13.0. The van der Waals surface area contributed by atoms with Crippen LogP contribution >= 0.6 is 0 Å². The van der Waals surface area contributed by atoms with E-state index in [1.54, 1.807) is 6.92 Å². The molecule has 0 fully saturated rings. The first-order valence-corrected chi connectivity index (χ1v) is 3.63. The fourth-order valence-electron chi connectivity index (χ4n) is 0. The maximum absolute atomic E-state index is 5.11. The second kappa shape index (κ2) is 15.8. The van der Waals surface area contributed by atoms with E-state index in [1.165, 1.54) is 0 Å². The number of allylic oxidation sites excluding steroid dienone is 1. The predicted molar refractivity (Wildman–Crippen MR) is 49.7 cm³/mol. The molecule has 0 aromatic rings. The Kier molecular flexibility index (Phi) is 25.7. The first kappa shape index (κ1) is 16.2. The number of hydrogen-bond acceptors (Lipinski definition) is 2. The molecule has 2 heteroatoms. The maximum Gasteiger partial charge on any atom is -0.00179 e. The molecule has 0 spiro atoms. The second-order valence-electron chi connectivity index (χ2n) is 2.09. The molecule has 0 rings (SSSR count). The van der Waals surface area contributed by atoms with E-state index in [4.69, 9.17) is 11.5 Å². The predicted octanol–water partition coefficient (Wildman–Crippen LogP) is 1.86. The summed E-state index contributed by atoms with van der Waals surface area (Å²) in [6, 6.07) is 0.333. The summed E-state index contributed by atoms with van der Waals surface area (Å²) in [5.74, 6) is 0. The van der Waals surface area contributed by atoms with Crippen molar-refractivity contribution in [3.05, 3.63) is 12.3 Å². The van der Waals surface area contributed by atoms with Crippen molar-refractivity contribution in [1.29, 1.82) is 0 Å². The highest BCUT2D eigenvalue weighted by Gasteiger charge is 1.67. The van der Waals surface area contributed by atoms with Gasteiger partial charge < -0.3 is 11.5 Å². The molecule has 0 unspecified atom stereocenters. The first-order chi connectivity index (χ1) is 4.46. The van der Waals surface area contributed by atoms with Gasteiger partial charge >= 0.3 is 0 Å². The van der Waals surface area contributed by atoms with Gasteiger partial charge in [0.25, 0.3) is 0 Å². The van der Waals surface area contributed by atoms with Crippen molar-refractivity contribution in [3.8, 4) is 0 Å². The minimum atomic E-state index is 0.333. The highest BCUT2D eigenvalue weighted by Crippen LogP contribution is 1.59. The molecule has 0 aliphatic heterocycles. The SMILES string of the molecule is C=C(C)N.CC.CC(C)N. The maximum atomic E-state index is 5.11. The van der Waals surface area contributed by atoms with Crippen molar-refractivity contribution in [3.63, 3.8) is 0 Å². The largest absolute Gasteiger partial charge is 0.403 e. The lowest BCUT2D eigenvalue weighted by Gasteiger charge is -1.81. The smallest absolute Gasteiger partial charge is 0.00179 e. The zero-order valence-electron chi connectivity index (χ0n) is 7.94. The Morgan fingerprint density at radius 3 is 1.30 bits per heavy atom. The van der Waals surface area contributed by atoms with Gasteiger partial charge in [-0.05, 0) is 18.7 Å². The summed E-state index contributed by atoms with van der Waals surface area (Å²) >= 11 is 0. The van der Waals surface area contributed by atoms with Gasteiger partial charge in [-0.25, -0.2) is 0 Å². The summed E-state index contributed by atoms with van der Waals surface area (Å²) < 4.78 is 0. The summed E-state index contributed by atoms with van der Waals surface area (Å²) in [4.78, 5) is 0. The molecule has 0 saturated carbocycles. The molecule has 0 aliphatic rings. The Hall–Kier alpha value is -0.500. The summed E-state index contributed by atoms with van der Waals surface area (Å²) in [5, 5.41) is 0. The van der Waals surface area contributed by atoms with Crippen LogP contribution in [0.4, 0.5) is 0 Å². The van der Waals surface area contributed by atoms with E-state index in [0.29, 0.717) is 11.7 Å². The zero-order chi connectivity index (χ0) is 9.15. The highest BCUT2D eigenvalue weighted by molar-refractivity contribution is 4.76. The second-order valence-corrected chi connectivity index (χ2v) is 2.09. The van der Waals surface area contributed by atoms with E-state index in [0.717, 1.165) is 0 Å². The van der Waals surface area contributed by atoms with Crippen LogP contribution in [0.25, 0.3) is 0 Å². The van der Waals surface area contributed by atoms with E-state index in [1.807, 2.05) is 27.7 Å². The van der Waals surface area contributed by atoms with Crippen molar-refractivity contribution >= 4 is 0 Å². The summed E-state index contributed by atoms with van der Waals surface area (Å²) in [6.07, 6.45) is 0. The number of rotatable bonds is 0. The standard InChI is InChI=1S/C3H9N.C3H7N.C2H6/c2*1-3(2)4;1-2/h3H,4H2,1-2H3;1,4H2,2H3;1-2H3. The van der Waals surface area contributed by atoms with Gasteiger partial charge in [0.15, 0.2) is 0 Å². The van der Waals surface area contributed by atoms with Gasteiger partial charge in [0, 0.05) is 0 Å². The Bertz CT molecular complexity index is 51.5. The molecule has 4 N–H and O–H groups in total. The van der Waals surface area contributed by atoms with Gasteiger partial charge in [-0.1, -0.05) is 34.3 Å². The minimum Gasteiger partial charge on any atom is -0.403 e. The molecule has 0 aromatic heterocycles. The van der Waals surface area contributed by atoms with E-state index >= 15 is 0 Å². The van der Waals surface area contributed by atoms with Crippen molar-refractivity contribution in [2.75, 3.05) is 0 Å². The quantitative estimate of drug-likeness (QED) is 0.548. The van der Waals surface area contributed by atoms with Crippen LogP contribution in [0.3, 0.4) is 0 Å². The molecule has 0 amide bonds. The Morgan fingerprint density at radius 2 is 1.30 bits per heavy atom. The molecule has 10 heavy (non-hydrogen) atoms. The van der Waals surface area contributed by atoms with E-state index < -0.39 is 0 Å². The average Bonchev–Trinajstić information content (AvgIpc) is 1.66. The molecule has 0 saturated heterocycles. The number of nitrogens with two attached hydrogens (primary N) is 2. The van der Waals surface area contributed by atoms with Crippen LogP contribution in [-0.4, -0.2) is 6.04 Å². The molecule has 0 bridgehead atoms.